The minimum Gasteiger partial charge on any atom is -0.469 e. The second kappa shape index (κ2) is 8.23. The van der Waals surface area contributed by atoms with Crippen molar-refractivity contribution < 1.29 is 22.7 Å². The summed E-state index contributed by atoms with van der Waals surface area (Å²) in [5, 5.41) is 5.66. The minimum atomic E-state index is -3.16. The van der Waals surface area contributed by atoms with Gasteiger partial charge in [0.05, 0.1) is 30.6 Å². The average molecular weight is 425 g/mol. The zero-order valence-corrected chi connectivity index (χ0v) is 16.8. The summed E-state index contributed by atoms with van der Waals surface area (Å²) in [6.07, 6.45) is 0.185. The van der Waals surface area contributed by atoms with Crippen molar-refractivity contribution in [2.24, 2.45) is 0 Å². The summed E-state index contributed by atoms with van der Waals surface area (Å²) in [4.78, 5) is 28.5. The Morgan fingerprint density at radius 2 is 1.89 bits per heavy atom. The number of amides is 2. The van der Waals surface area contributed by atoms with Crippen LogP contribution in [0.1, 0.15) is 19.3 Å². The van der Waals surface area contributed by atoms with Crippen molar-refractivity contribution in [3.8, 4) is 11.4 Å². The molecule has 28 heavy (non-hydrogen) atoms. The van der Waals surface area contributed by atoms with Gasteiger partial charge in [-0.1, -0.05) is 30.3 Å². The molecule has 0 aliphatic carbocycles. The van der Waals surface area contributed by atoms with Crippen LogP contribution in [0.5, 0.6) is 0 Å². The van der Waals surface area contributed by atoms with E-state index in [4.69, 9.17) is 4.74 Å². The predicted molar refractivity (Wildman–Crippen MR) is 105 cm³/mol. The van der Waals surface area contributed by atoms with Crippen molar-refractivity contribution in [2.75, 3.05) is 23.9 Å². The first kappa shape index (κ1) is 20.2. The van der Waals surface area contributed by atoms with Gasteiger partial charge in [0.15, 0.2) is 5.82 Å². The molecule has 0 spiro atoms. The molecule has 9 nitrogen and oxygen atoms in total. The Labute approximate surface area is 166 Å². The van der Waals surface area contributed by atoms with E-state index in [1.54, 1.807) is 0 Å². The van der Waals surface area contributed by atoms with Crippen molar-refractivity contribution in [3.05, 3.63) is 30.3 Å². The SMILES string of the molecule is COC(=O)CC1(NC(=O)Nc2nc(-c3ccccc3)ns2)CCS(=O)(=O)CC1. The largest absolute Gasteiger partial charge is 0.469 e. The van der Waals surface area contributed by atoms with Gasteiger partial charge < -0.3 is 10.1 Å². The van der Waals surface area contributed by atoms with Crippen LogP contribution in [0.15, 0.2) is 30.3 Å². The van der Waals surface area contributed by atoms with Gasteiger partial charge in [-0.15, -0.1) is 0 Å². The van der Waals surface area contributed by atoms with Crippen LogP contribution in [0, 0.1) is 0 Å². The molecule has 0 bridgehead atoms. The maximum absolute atomic E-state index is 12.5. The monoisotopic (exact) mass is 424 g/mol. The molecule has 1 aliphatic rings. The zero-order chi connectivity index (χ0) is 20.2. The number of esters is 1. The first-order chi connectivity index (χ1) is 13.3. The first-order valence-corrected chi connectivity index (χ1v) is 11.2. The number of nitrogens with one attached hydrogen (secondary N) is 2. The number of anilines is 1. The number of aromatic nitrogens is 2. The third kappa shape index (κ3) is 5.04. The van der Waals surface area contributed by atoms with Gasteiger partial charge in [0, 0.05) is 17.1 Å². The number of rotatable bonds is 5. The van der Waals surface area contributed by atoms with Crippen molar-refractivity contribution in [1.82, 2.24) is 14.7 Å². The molecule has 1 aromatic heterocycles. The number of carbonyl (C=O) groups excluding carboxylic acids is 2. The van der Waals surface area contributed by atoms with E-state index < -0.39 is 27.4 Å². The number of hydrogen-bond donors (Lipinski definition) is 2. The Morgan fingerprint density at radius 1 is 1.21 bits per heavy atom. The molecule has 3 rings (SSSR count). The fourth-order valence-corrected chi connectivity index (χ4v) is 5.16. The first-order valence-electron chi connectivity index (χ1n) is 8.56. The molecule has 0 saturated carbocycles. The van der Waals surface area contributed by atoms with Crippen LogP contribution in [-0.4, -0.2) is 53.9 Å². The number of ether oxygens (including phenoxy) is 1. The Balaban J connectivity index is 1.69. The van der Waals surface area contributed by atoms with Crippen molar-refractivity contribution >= 4 is 38.5 Å². The molecular weight excluding hydrogens is 404 g/mol. The molecule has 2 heterocycles. The van der Waals surface area contributed by atoms with Crippen LogP contribution in [0.4, 0.5) is 9.93 Å². The summed E-state index contributed by atoms with van der Waals surface area (Å²) in [6, 6.07) is 8.76. The van der Waals surface area contributed by atoms with Crippen LogP contribution in [0.2, 0.25) is 0 Å². The third-order valence-electron chi connectivity index (χ3n) is 4.55. The fourth-order valence-electron chi connectivity index (χ4n) is 2.97. The van der Waals surface area contributed by atoms with E-state index in [1.807, 2.05) is 30.3 Å². The van der Waals surface area contributed by atoms with Crippen LogP contribution in [0.25, 0.3) is 11.4 Å². The van der Waals surface area contributed by atoms with E-state index in [-0.39, 0.29) is 30.8 Å². The van der Waals surface area contributed by atoms with Crippen LogP contribution < -0.4 is 10.6 Å². The second-order valence-corrected chi connectivity index (χ2v) is 9.61. The normalized spacial score (nSPS) is 17.5. The minimum absolute atomic E-state index is 0.0960. The summed E-state index contributed by atoms with van der Waals surface area (Å²) in [6.45, 7) is 0. The van der Waals surface area contributed by atoms with E-state index in [0.29, 0.717) is 11.0 Å². The van der Waals surface area contributed by atoms with E-state index in [0.717, 1.165) is 17.1 Å². The molecule has 2 N–H and O–H groups in total. The van der Waals surface area contributed by atoms with Crippen LogP contribution in [0.3, 0.4) is 0 Å². The standard InChI is InChI=1S/C17H20N4O5S2/c1-26-13(22)11-17(7-9-28(24,25)10-8-17)20-15(23)19-16-18-14(21-27-16)12-5-3-2-4-6-12/h2-6H,7-11H2,1H3,(H2,18,19,20,21,23). The molecule has 1 aromatic carbocycles. The van der Waals surface area contributed by atoms with Gasteiger partial charge in [-0.25, -0.2) is 13.2 Å². The number of urea groups is 1. The smallest absolute Gasteiger partial charge is 0.321 e. The summed E-state index contributed by atoms with van der Waals surface area (Å²) >= 11 is 1.03. The lowest BCUT2D eigenvalue weighted by Gasteiger charge is -2.36. The Morgan fingerprint density at radius 3 is 2.54 bits per heavy atom. The number of carbonyl (C=O) groups is 2. The topological polar surface area (TPSA) is 127 Å². The highest BCUT2D eigenvalue weighted by molar-refractivity contribution is 7.91. The quantitative estimate of drug-likeness (QED) is 0.701. The molecule has 0 unspecified atom stereocenters. The Hall–Kier alpha value is -2.53. The van der Waals surface area contributed by atoms with Crippen molar-refractivity contribution in [1.29, 1.82) is 0 Å². The van der Waals surface area contributed by atoms with Gasteiger partial charge in [0.1, 0.15) is 9.84 Å². The van der Waals surface area contributed by atoms with Gasteiger partial charge in [-0.05, 0) is 12.8 Å². The van der Waals surface area contributed by atoms with Gasteiger partial charge in [-0.3, -0.25) is 10.1 Å². The number of sulfone groups is 1. The van der Waals surface area contributed by atoms with Crippen LogP contribution >= 0.6 is 11.5 Å². The molecule has 0 radical (unpaired) electrons. The van der Waals surface area contributed by atoms with E-state index in [9.17, 15) is 18.0 Å². The lowest BCUT2D eigenvalue weighted by atomic mass is 9.88. The molecule has 2 amide bonds. The maximum atomic E-state index is 12.5. The van der Waals surface area contributed by atoms with E-state index in [1.165, 1.54) is 7.11 Å². The zero-order valence-electron chi connectivity index (χ0n) is 15.2. The average Bonchev–Trinajstić information content (AvgIpc) is 3.13. The second-order valence-electron chi connectivity index (χ2n) is 6.55. The van der Waals surface area contributed by atoms with Crippen molar-refractivity contribution in [2.45, 2.75) is 24.8 Å². The fraction of sp³-hybridized carbons (Fsp3) is 0.412. The summed E-state index contributed by atoms with van der Waals surface area (Å²) in [5.41, 5.74) is -0.151. The van der Waals surface area contributed by atoms with E-state index in [2.05, 4.69) is 20.0 Å². The third-order valence-corrected chi connectivity index (χ3v) is 6.83. The number of nitrogens with zero attached hydrogens (tertiary/aromatic N) is 2. The number of methoxy groups -OCH3 is 1. The lowest BCUT2D eigenvalue weighted by Crippen LogP contribution is -2.55. The highest BCUT2D eigenvalue weighted by atomic mass is 32.2. The van der Waals surface area contributed by atoms with Gasteiger partial charge in [0.2, 0.25) is 5.13 Å². The Kier molecular flexibility index (Phi) is 5.94. The maximum Gasteiger partial charge on any atom is 0.321 e. The predicted octanol–water partition coefficient (Wildman–Crippen LogP) is 1.84. The highest BCUT2D eigenvalue weighted by Gasteiger charge is 2.40. The Bertz CT molecular complexity index is 945. The molecular formula is C17H20N4O5S2. The molecule has 11 heteroatoms. The van der Waals surface area contributed by atoms with E-state index >= 15 is 0 Å². The van der Waals surface area contributed by atoms with Gasteiger partial charge in [-0.2, -0.15) is 9.36 Å². The number of benzene rings is 1. The van der Waals surface area contributed by atoms with Gasteiger partial charge in [0.25, 0.3) is 0 Å². The lowest BCUT2D eigenvalue weighted by molar-refractivity contribution is -0.142. The molecule has 1 fully saturated rings. The summed E-state index contributed by atoms with van der Waals surface area (Å²) < 4.78 is 32.4. The van der Waals surface area contributed by atoms with Crippen LogP contribution in [-0.2, 0) is 19.4 Å². The number of hydrogen-bond acceptors (Lipinski definition) is 8. The molecule has 1 saturated heterocycles. The highest BCUT2D eigenvalue weighted by Crippen LogP contribution is 2.28. The van der Waals surface area contributed by atoms with Crippen molar-refractivity contribution in [3.63, 3.8) is 0 Å². The summed E-state index contributed by atoms with van der Waals surface area (Å²) in [5.74, 6) is -0.210. The molecule has 2 aromatic rings. The molecule has 1 aliphatic heterocycles. The molecule has 0 atom stereocenters. The molecule has 150 valence electrons. The van der Waals surface area contributed by atoms with Gasteiger partial charge >= 0.3 is 12.0 Å². The summed E-state index contributed by atoms with van der Waals surface area (Å²) in [7, 11) is -1.91.